The van der Waals surface area contributed by atoms with E-state index in [2.05, 4.69) is 26.0 Å². The Morgan fingerprint density at radius 2 is 0.723 bits per heavy atom. The number of ether oxygens (including phenoxy) is 4. The third-order valence-corrected chi connectivity index (χ3v) is 15.2. The van der Waals surface area contributed by atoms with Gasteiger partial charge in [-0.2, -0.15) is 0 Å². The number of unbranched alkanes of at least 4 members (excludes halogenated alkanes) is 18. The highest BCUT2D eigenvalue weighted by molar-refractivity contribution is 7.27. The third-order valence-electron chi connectivity index (χ3n) is 11.5. The maximum absolute atomic E-state index is 15.3. The summed E-state index contributed by atoms with van der Waals surface area (Å²) in [5, 5.41) is 0. The number of hydrogen-bond acceptors (Lipinski definition) is 9. The molecule has 2 atom stereocenters. The quantitative estimate of drug-likeness (QED) is 0.0316. The van der Waals surface area contributed by atoms with Crippen LogP contribution in [0.5, 0.6) is 11.5 Å². The Balaban J connectivity index is 1.04. The van der Waals surface area contributed by atoms with Crippen LogP contribution in [-0.4, -0.2) is 37.4 Å². The van der Waals surface area contributed by atoms with Gasteiger partial charge in [-0.3, -0.25) is 0 Å². The molecular formula is C54H70F2O6S3. The Morgan fingerprint density at radius 3 is 1.05 bits per heavy atom. The van der Waals surface area contributed by atoms with Crippen LogP contribution >= 0.6 is 34.0 Å². The van der Waals surface area contributed by atoms with Gasteiger partial charge in [-0.05, 0) is 111 Å². The molecule has 6 nitrogen and oxygen atoms in total. The Bertz CT molecular complexity index is 2010. The smallest absolute Gasteiger partial charge is 0.347 e. The summed E-state index contributed by atoms with van der Waals surface area (Å²) < 4.78 is 52.7. The largest absolute Gasteiger partial charge is 0.476 e. The molecular weight excluding hydrogens is 879 g/mol. The van der Waals surface area contributed by atoms with Gasteiger partial charge in [0.05, 0.1) is 13.2 Å². The van der Waals surface area contributed by atoms with E-state index in [9.17, 15) is 9.59 Å². The summed E-state index contributed by atoms with van der Waals surface area (Å²) in [6.45, 7) is 8.33. The van der Waals surface area contributed by atoms with E-state index in [4.69, 9.17) is 18.9 Å². The van der Waals surface area contributed by atoms with Crippen LogP contribution in [0.25, 0.3) is 40.4 Å². The van der Waals surface area contributed by atoms with E-state index in [1.165, 1.54) is 102 Å². The summed E-state index contributed by atoms with van der Waals surface area (Å²) in [6, 6.07) is 21.8. The van der Waals surface area contributed by atoms with Gasteiger partial charge in [0.25, 0.3) is 0 Å². The molecule has 0 saturated heterocycles. The van der Waals surface area contributed by atoms with Crippen molar-refractivity contribution in [2.45, 2.75) is 168 Å². The second kappa shape index (κ2) is 28.9. The number of halogens is 2. The molecule has 2 aromatic carbocycles. The van der Waals surface area contributed by atoms with Crippen LogP contribution < -0.4 is 9.47 Å². The summed E-state index contributed by atoms with van der Waals surface area (Å²) >= 11 is 4.80. The van der Waals surface area contributed by atoms with Gasteiger partial charge in [0, 0.05) is 29.3 Å². The number of esters is 2. The lowest BCUT2D eigenvalue weighted by Gasteiger charge is -2.15. The van der Waals surface area contributed by atoms with Gasteiger partial charge in [-0.15, -0.1) is 34.0 Å². The summed E-state index contributed by atoms with van der Waals surface area (Å²) in [4.78, 5) is 31.2. The van der Waals surface area contributed by atoms with Crippen molar-refractivity contribution in [2.75, 3.05) is 13.2 Å². The normalized spacial score (nSPS) is 12.3. The summed E-state index contributed by atoms with van der Waals surface area (Å²) in [6.07, 6.45) is 22.2. The molecule has 3 aromatic heterocycles. The van der Waals surface area contributed by atoms with Gasteiger partial charge in [0.1, 0.15) is 0 Å². The number of carbonyl (C=O) groups excluding carboxylic acids is 2. The maximum Gasteiger partial charge on any atom is 0.347 e. The zero-order valence-electron chi connectivity index (χ0n) is 39.1. The van der Waals surface area contributed by atoms with E-state index in [1.807, 2.05) is 24.3 Å². The number of hydrogen-bond donors (Lipinski definition) is 0. The van der Waals surface area contributed by atoms with Crippen LogP contribution in [0.4, 0.5) is 8.78 Å². The lowest BCUT2D eigenvalue weighted by atomic mass is 10.1. The molecule has 0 radical (unpaired) electrons. The fourth-order valence-corrected chi connectivity index (χ4v) is 10.8. The highest BCUT2D eigenvalue weighted by atomic mass is 32.1. The fourth-order valence-electron chi connectivity index (χ4n) is 7.59. The third kappa shape index (κ3) is 17.6. The number of benzene rings is 2. The van der Waals surface area contributed by atoms with E-state index in [1.54, 1.807) is 72.1 Å². The van der Waals surface area contributed by atoms with Gasteiger partial charge >= 0.3 is 11.9 Å². The minimum absolute atomic E-state index is 0.0144. The molecule has 0 aliphatic heterocycles. The fraction of sp³-hybridized carbons (Fsp3) is 0.519. The van der Waals surface area contributed by atoms with Crippen LogP contribution in [0.1, 0.15) is 156 Å². The Hall–Kier alpha value is -4.06. The van der Waals surface area contributed by atoms with Crippen LogP contribution in [0.3, 0.4) is 0 Å². The van der Waals surface area contributed by atoms with Crippen molar-refractivity contribution < 1.29 is 37.3 Å². The van der Waals surface area contributed by atoms with Crippen molar-refractivity contribution >= 4 is 45.9 Å². The number of carbonyl (C=O) groups is 2. The van der Waals surface area contributed by atoms with Gasteiger partial charge in [0.15, 0.2) is 35.3 Å². The first-order valence-electron chi connectivity index (χ1n) is 24.2. The van der Waals surface area contributed by atoms with Crippen molar-refractivity contribution in [2.24, 2.45) is 0 Å². The van der Waals surface area contributed by atoms with Crippen molar-refractivity contribution in [3.8, 4) is 51.9 Å². The minimum atomic E-state index is -0.919. The molecule has 5 aromatic rings. The highest BCUT2D eigenvalue weighted by Gasteiger charge is 2.21. The van der Waals surface area contributed by atoms with Crippen molar-refractivity contribution in [1.82, 2.24) is 0 Å². The lowest BCUT2D eigenvalue weighted by molar-refractivity contribution is -0.152. The predicted octanol–water partition coefficient (Wildman–Crippen LogP) is 17.3. The highest BCUT2D eigenvalue weighted by Crippen LogP contribution is 2.44. The molecule has 11 heteroatoms. The van der Waals surface area contributed by atoms with Crippen LogP contribution in [0, 0.1) is 11.6 Å². The van der Waals surface area contributed by atoms with E-state index in [0.29, 0.717) is 13.2 Å². The van der Waals surface area contributed by atoms with Crippen LogP contribution in [0.2, 0.25) is 0 Å². The number of thiophene rings is 3. The second-order valence-corrected chi connectivity index (χ2v) is 20.3. The van der Waals surface area contributed by atoms with Gasteiger partial charge < -0.3 is 18.9 Å². The monoisotopic (exact) mass is 948 g/mol. The first-order chi connectivity index (χ1) is 31.7. The molecule has 5 rings (SSSR count). The van der Waals surface area contributed by atoms with E-state index < -0.39 is 35.8 Å². The topological polar surface area (TPSA) is 71.1 Å². The van der Waals surface area contributed by atoms with Crippen LogP contribution in [-0.2, 0) is 19.1 Å². The summed E-state index contributed by atoms with van der Waals surface area (Å²) in [5.74, 6) is -2.03. The van der Waals surface area contributed by atoms with Crippen molar-refractivity contribution in [1.29, 1.82) is 0 Å². The maximum atomic E-state index is 15.3. The SMILES string of the molecule is CCCCCCCCCCCCOC(=O)[C@H](C)Oc1ccc(-c2ccc(-c3ccc(-c4ccc(-c5ccc(O[C@@H](C)C(=O)OCCCCCCCCCCCC)c(F)c5)s4)s3)s2)cc1F. The van der Waals surface area contributed by atoms with Gasteiger partial charge in [-0.1, -0.05) is 129 Å². The molecule has 0 amide bonds. The molecule has 354 valence electrons. The molecule has 0 N–H and O–H groups in total. The first kappa shape index (κ1) is 51.9. The molecule has 0 fully saturated rings. The molecule has 0 saturated carbocycles. The Kier molecular flexibility index (Phi) is 23.1. The molecule has 65 heavy (non-hydrogen) atoms. The average molecular weight is 949 g/mol. The Labute approximate surface area is 399 Å². The zero-order chi connectivity index (χ0) is 46.2. The second-order valence-electron chi connectivity index (χ2n) is 17.0. The average Bonchev–Trinajstić information content (AvgIpc) is 4.11. The summed E-state index contributed by atoms with van der Waals surface area (Å²) in [5.41, 5.74) is 1.44. The first-order valence-corrected chi connectivity index (χ1v) is 26.7. The molecule has 0 bridgehead atoms. The van der Waals surface area contributed by atoms with Crippen molar-refractivity contribution in [3.05, 3.63) is 84.4 Å². The Morgan fingerprint density at radius 1 is 0.431 bits per heavy atom. The van der Waals surface area contributed by atoms with Crippen LogP contribution in [0.15, 0.2) is 72.8 Å². The van der Waals surface area contributed by atoms with Crippen molar-refractivity contribution in [3.63, 3.8) is 0 Å². The van der Waals surface area contributed by atoms with E-state index in [0.717, 1.165) is 78.9 Å². The summed E-state index contributed by atoms with van der Waals surface area (Å²) in [7, 11) is 0. The predicted molar refractivity (Wildman–Crippen MR) is 268 cm³/mol. The van der Waals surface area contributed by atoms with E-state index in [-0.39, 0.29) is 11.5 Å². The van der Waals surface area contributed by atoms with E-state index >= 15 is 8.78 Å². The molecule has 0 aliphatic carbocycles. The minimum Gasteiger partial charge on any atom is -0.476 e. The standard InChI is InChI=1S/C54H70F2O6S3/c1-5-7-9-11-13-15-17-19-21-23-35-59-53(57)39(3)61-45-27-25-41(37-43(45)55)47-29-31-49(63-47)51-33-34-52(65-51)50-32-30-48(64-50)42-26-28-46(44(56)38-42)62-40(4)54(58)60-36-24-22-20-18-16-14-12-10-8-6-2/h25-34,37-40H,5-24,35-36H2,1-4H3/t39-,40-/m0/s1. The number of rotatable bonds is 32. The molecule has 0 spiro atoms. The zero-order valence-corrected chi connectivity index (χ0v) is 41.5. The molecule has 0 unspecified atom stereocenters. The molecule has 3 heterocycles. The molecule has 0 aliphatic rings. The van der Waals surface area contributed by atoms with Gasteiger partial charge in [0.2, 0.25) is 0 Å². The lowest BCUT2D eigenvalue weighted by Crippen LogP contribution is -2.26. The van der Waals surface area contributed by atoms with Gasteiger partial charge in [-0.25, -0.2) is 18.4 Å².